The molecule has 0 aliphatic rings. The van der Waals surface area contributed by atoms with Gasteiger partial charge in [-0.05, 0) is 30.7 Å². The van der Waals surface area contributed by atoms with Gasteiger partial charge >= 0.3 is 0 Å². The molecule has 2 rings (SSSR count). The van der Waals surface area contributed by atoms with Crippen molar-refractivity contribution in [2.24, 2.45) is 0 Å². The summed E-state index contributed by atoms with van der Waals surface area (Å²) in [7, 11) is 0. The van der Waals surface area contributed by atoms with E-state index < -0.39 is 0 Å². The summed E-state index contributed by atoms with van der Waals surface area (Å²) < 4.78 is 0.739. The summed E-state index contributed by atoms with van der Waals surface area (Å²) in [5.41, 5.74) is 6.35. The Morgan fingerprint density at radius 1 is 1.25 bits per heavy atom. The third kappa shape index (κ3) is 3.79. The molecule has 0 aliphatic heterocycles. The van der Waals surface area contributed by atoms with Crippen molar-refractivity contribution in [2.75, 3.05) is 12.3 Å². The van der Waals surface area contributed by atoms with Crippen LogP contribution in [0, 0.1) is 0 Å². The molecule has 0 radical (unpaired) electrons. The van der Waals surface area contributed by atoms with Crippen LogP contribution in [0.4, 0.5) is 5.69 Å². The van der Waals surface area contributed by atoms with Crippen LogP contribution in [-0.2, 0) is 6.42 Å². The molecule has 7 heteroatoms. The third-order valence-electron chi connectivity index (χ3n) is 2.60. The lowest BCUT2D eigenvalue weighted by Crippen LogP contribution is -2.25. The molecule has 3 N–H and O–H groups in total. The number of thiophene rings is 1. The molecule has 2 aromatic rings. The number of halogens is 3. The second kappa shape index (κ2) is 6.68. The number of hydrogen-bond donors (Lipinski definition) is 2. The average Bonchev–Trinajstić information content (AvgIpc) is 2.81. The molecular formula is C13H11Cl3N2OS. The minimum atomic E-state index is -0.238. The maximum Gasteiger partial charge on any atom is 0.251 e. The van der Waals surface area contributed by atoms with E-state index in [9.17, 15) is 4.79 Å². The van der Waals surface area contributed by atoms with E-state index in [4.69, 9.17) is 40.5 Å². The van der Waals surface area contributed by atoms with Crippen LogP contribution in [0.3, 0.4) is 0 Å². The number of hydrogen-bond acceptors (Lipinski definition) is 3. The molecule has 0 saturated heterocycles. The van der Waals surface area contributed by atoms with Crippen LogP contribution in [0.2, 0.25) is 14.4 Å². The summed E-state index contributed by atoms with van der Waals surface area (Å²) in [6.07, 6.45) is 0.722. The third-order valence-corrected chi connectivity index (χ3v) is 4.71. The molecular weight excluding hydrogens is 339 g/mol. The van der Waals surface area contributed by atoms with Crippen molar-refractivity contribution in [3.63, 3.8) is 0 Å². The van der Waals surface area contributed by atoms with Crippen LogP contribution >= 0.6 is 46.1 Å². The molecule has 3 nitrogen and oxygen atoms in total. The Morgan fingerprint density at radius 3 is 2.60 bits per heavy atom. The number of benzene rings is 1. The predicted molar refractivity (Wildman–Crippen MR) is 86.2 cm³/mol. The number of nitrogen functional groups attached to an aromatic ring is 1. The first-order valence-electron chi connectivity index (χ1n) is 5.74. The summed E-state index contributed by atoms with van der Waals surface area (Å²) in [6, 6.07) is 6.78. The largest absolute Gasteiger partial charge is 0.397 e. The van der Waals surface area contributed by atoms with Gasteiger partial charge < -0.3 is 11.1 Å². The molecule has 1 heterocycles. The molecule has 0 fully saturated rings. The molecule has 0 bridgehead atoms. The maximum absolute atomic E-state index is 12.0. The van der Waals surface area contributed by atoms with E-state index in [1.165, 1.54) is 23.5 Å². The lowest BCUT2D eigenvalue weighted by Gasteiger charge is -2.07. The van der Waals surface area contributed by atoms with Gasteiger partial charge in [-0.2, -0.15) is 0 Å². The SMILES string of the molecule is Nc1cc(C(=O)NCCc2ccc(Cl)s2)cc(Cl)c1Cl. The van der Waals surface area contributed by atoms with Gasteiger partial charge in [0.25, 0.3) is 5.91 Å². The summed E-state index contributed by atoms with van der Waals surface area (Å²) in [6.45, 7) is 0.510. The molecule has 1 amide bonds. The minimum absolute atomic E-state index is 0.238. The van der Waals surface area contributed by atoms with Gasteiger partial charge in [-0.25, -0.2) is 0 Å². The summed E-state index contributed by atoms with van der Waals surface area (Å²) in [5, 5.41) is 3.32. The second-order valence-corrected chi connectivity index (χ2v) is 6.66. The van der Waals surface area contributed by atoms with E-state index in [0.717, 1.165) is 15.6 Å². The van der Waals surface area contributed by atoms with Gasteiger partial charge in [0.2, 0.25) is 0 Å². The maximum atomic E-state index is 12.0. The Hall–Kier alpha value is -0.940. The highest BCUT2D eigenvalue weighted by molar-refractivity contribution is 7.16. The average molecular weight is 350 g/mol. The summed E-state index contributed by atoms with van der Waals surface area (Å²) in [5.74, 6) is -0.238. The molecule has 20 heavy (non-hydrogen) atoms. The molecule has 0 atom stereocenters. The van der Waals surface area contributed by atoms with Crippen LogP contribution in [-0.4, -0.2) is 12.5 Å². The number of carbonyl (C=O) groups excluding carboxylic acids is 1. The Bertz CT molecular complexity index is 619. The van der Waals surface area contributed by atoms with Gasteiger partial charge in [-0.15, -0.1) is 11.3 Å². The first kappa shape index (κ1) is 15.4. The van der Waals surface area contributed by atoms with Crippen LogP contribution in [0.5, 0.6) is 0 Å². The zero-order valence-corrected chi connectivity index (χ0v) is 13.3. The van der Waals surface area contributed by atoms with Gasteiger partial charge in [0, 0.05) is 17.0 Å². The number of amides is 1. The quantitative estimate of drug-likeness (QED) is 0.810. The highest BCUT2D eigenvalue weighted by Crippen LogP contribution is 2.29. The first-order chi connectivity index (χ1) is 9.47. The van der Waals surface area contributed by atoms with Gasteiger partial charge in [0.1, 0.15) is 0 Å². The fourth-order valence-electron chi connectivity index (χ4n) is 1.63. The molecule has 1 aromatic carbocycles. The molecule has 106 valence electrons. The number of nitrogens with two attached hydrogens (primary N) is 1. The highest BCUT2D eigenvalue weighted by atomic mass is 35.5. The molecule has 0 aliphatic carbocycles. The van der Waals surface area contributed by atoms with E-state index in [1.807, 2.05) is 12.1 Å². The van der Waals surface area contributed by atoms with E-state index in [-0.39, 0.29) is 21.6 Å². The summed E-state index contributed by atoms with van der Waals surface area (Å²) >= 11 is 19.1. The monoisotopic (exact) mass is 348 g/mol. The van der Waals surface area contributed by atoms with E-state index in [2.05, 4.69) is 5.32 Å². The Morgan fingerprint density at radius 2 is 2.00 bits per heavy atom. The molecule has 0 unspecified atom stereocenters. The number of nitrogens with one attached hydrogen (secondary N) is 1. The van der Waals surface area contributed by atoms with Crippen molar-refractivity contribution in [2.45, 2.75) is 6.42 Å². The van der Waals surface area contributed by atoms with Crippen LogP contribution in [0.25, 0.3) is 0 Å². The number of carbonyl (C=O) groups is 1. The fourth-order valence-corrected chi connectivity index (χ4v) is 3.05. The zero-order chi connectivity index (χ0) is 14.7. The van der Waals surface area contributed by atoms with Crippen molar-refractivity contribution in [1.29, 1.82) is 0 Å². The number of anilines is 1. The fraction of sp³-hybridized carbons (Fsp3) is 0.154. The highest BCUT2D eigenvalue weighted by Gasteiger charge is 2.11. The van der Waals surface area contributed by atoms with Crippen molar-refractivity contribution in [3.05, 3.63) is 49.1 Å². The smallest absolute Gasteiger partial charge is 0.251 e. The number of rotatable bonds is 4. The normalized spacial score (nSPS) is 10.6. The lowest BCUT2D eigenvalue weighted by molar-refractivity contribution is 0.0954. The van der Waals surface area contributed by atoms with Crippen LogP contribution in [0.15, 0.2) is 24.3 Å². The predicted octanol–water partition coefficient (Wildman–Crippen LogP) is 4.26. The van der Waals surface area contributed by atoms with Crippen molar-refractivity contribution in [1.82, 2.24) is 5.32 Å². The van der Waals surface area contributed by atoms with Gasteiger partial charge in [-0.1, -0.05) is 34.8 Å². The van der Waals surface area contributed by atoms with E-state index >= 15 is 0 Å². The minimum Gasteiger partial charge on any atom is -0.397 e. The summed E-state index contributed by atoms with van der Waals surface area (Å²) in [4.78, 5) is 13.1. The van der Waals surface area contributed by atoms with Gasteiger partial charge in [-0.3, -0.25) is 4.79 Å². The topological polar surface area (TPSA) is 55.1 Å². The van der Waals surface area contributed by atoms with Crippen molar-refractivity contribution in [3.8, 4) is 0 Å². The Balaban J connectivity index is 1.95. The van der Waals surface area contributed by atoms with Crippen LogP contribution < -0.4 is 11.1 Å². The molecule has 1 aromatic heterocycles. The molecule has 0 saturated carbocycles. The standard InChI is InChI=1S/C13H11Cl3N2OS/c14-9-5-7(6-10(17)12(9)16)13(19)18-4-3-8-1-2-11(15)20-8/h1-2,5-6H,3-4,17H2,(H,18,19). The van der Waals surface area contributed by atoms with Gasteiger partial charge in [0.05, 0.1) is 20.1 Å². The Kier molecular flexibility index (Phi) is 5.16. The zero-order valence-electron chi connectivity index (χ0n) is 10.3. The van der Waals surface area contributed by atoms with Crippen molar-refractivity contribution < 1.29 is 4.79 Å². The van der Waals surface area contributed by atoms with E-state index in [0.29, 0.717) is 12.1 Å². The van der Waals surface area contributed by atoms with E-state index in [1.54, 1.807) is 0 Å². The second-order valence-electron chi connectivity index (χ2n) is 4.07. The van der Waals surface area contributed by atoms with Gasteiger partial charge in [0.15, 0.2) is 0 Å². The molecule has 0 spiro atoms. The first-order valence-corrected chi connectivity index (χ1v) is 7.69. The lowest BCUT2D eigenvalue weighted by atomic mass is 10.2. The van der Waals surface area contributed by atoms with Crippen molar-refractivity contribution >= 4 is 57.7 Å². The Labute approximate surface area is 135 Å². The van der Waals surface area contributed by atoms with Crippen LogP contribution in [0.1, 0.15) is 15.2 Å².